The Morgan fingerprint density at radius 1 is 1.30 bits per heavy atom. The smallest absolute Gasteiger partial charge is 0.322 e. The average Bonchev–Trinajstić information content (AvgIpc) is 3.09. The van der Waals surface area contributed by atoms with Gasteiger partial charge in [0.1, 0.15) is 5.69 Å². The van der Waals surface area contributed by atoms with Crippen molar-refractivity contribution in [3.63, 3.8) is 0 Å². The van der Waals surface area contributed by atoms with Crippen molar-refractivity contribution in [2.75, 3.05) is 5.32 Å². The third kappa shape index (κ3) is 2.54. The van der Waals surface area contributed by atoms with Crippen LogP contribution in [0.5, 0.6) is 0 Å². The second-order valence-electron chi connectivity index (χ2n) is 3.85. The molecule has 3 rings (SSSR count). The highest BCUT2D eigenvalue weighted by Gasteiger charge is 2.14. The van der Waals surface area contributed by atoms with Crippen LogP contribution in [0.4, 0.5) is 6.01 Å². The van der Waals surface area contributed by atoms with Gasteiger partial charge in [-0.3, -0.25) is 15.1 Å². The fourth-order valence-corrected chi connectivity index (χ4v) is 2.10. The number of nitrogens with zero attached hydrogens (tertiary/aromatic N) is 4. The van der Waals surface area contributed by atoms with E-state index in [1.165, 1.54) is 23.7 Å². The molecule has 100 valence electrons. The number of nitrogens with one attached hydrogen (secondary N) is 1. The van der Waals surface area contributed by atoms with Crippen LogP contribution < -0.4 is 5.32 Å². The van der Waals surface area contributed by atoms with Crippen LogP contribution in [0.1, 0.15) is 15.4 Å². The van der Waals surface area contributed by atoms with Crippen LogP contribution in [-0.4, -0.2) is 26.1 Å². The third-order valence-corrected chi connectivity index (χ3v) is 3.20. The first-order valence-electron chi connectivity index (χ1n) is 5.70. The number of carbonyl (C=O) groups is 1. The Morgan fingerprint density at radius 3 is 2.80 bits per heavy atom. The minimum atomic E-state index is -0.336. The van der Waals surface area contributed by atoms with Crippen LogP contribution in [0.3, 0.4) is 0 Å². The molecule has 3 heterocycles. The Kier molecular flexibility index (Phi) is 3.21. The van der Waals surface area contributed by atoms with Crippen molar-refractivity contribution in [2.24, 2.45) is 0 Å². The van der Waals surface area contributed by atoms with Crippen LogP contribution >= 0.6 is 11.3 Å². The van der Waals surface area contributed by atoms with Crippen molar-refractivity contribution in [1.29, 1.82) is 0 Å². The highest BCUT2D eigenvalue weighted by molar-refractivity contribution is 7.09. The molecule has 0 saturated carbocycles. The van der Waals surface area contributed by atoms with Gasteiger partial charge in [0.25, 0.3) is 11.8 Å². The maximum atomic E-state index is 11.9. The molecule has 0 aliphatic heterocycles. The van der Waals surface area contributed by atoms with E-state index in [2.05, 4.69) is 25.5 Å². The van der Waals surface area contributed by atoms with Crippen molar-refractivity contribution in [2.45, 2.75) is 6.92 Å². The summed E-state index contributed by atoms with van der Waals surface area (Å²) in [6, 6.07) is 3.22. The highest BCUT2D eigenvalue weighted by atomic mass is 32.1. The van der Waals surface area contributed by atoms with Gasteiger partial charge in [-0.25, -0.2) is 4.98 Å². The average molecular weight is 287 g/mol. The second-order valence-corrected chi connectivity index (χ2v) is 4.92. The van der Waals surface area contributed by atoms with Crippen LogP contribution in [-0.2, 0) is 0 Å². The molecule has 1 N–H and O–H groups in total. The Morgan fingerprint density at radius 2 is 2.10 bits per heavy atom. The molecule has 0 fully saturated rings. The van der Waals surface area contributed by atoms with E-state index in [-0.39, 0.29) is 17.8 Å². The van der Waals surface area contributed by atoms with Gasteiger partial charge in [-0.1, -0.05) is 5.10 Å². The van der Waals surface area contributed by atoms with Gasteiger partial charge < -0.3 is 4.42 Å². The molecule has 0 aromatic carbocycles. The van der Waals surface area contributed by atoms with Gasteiger partial charge in [0, 0.05) is 23.3 Å². The SMILES string of the molecule is Cc1nc(-c2nnc(NC(=O)c3ccncc3)o2)cs1. The monoisotopic (exact) mass is 287 g/mol. The van der Waals surface area contributed by atoms with E-state index in [0.29, 0.717) is 11.3 Å². The lowest BCUT2D eigenvalue weighted by Gasteiger charge is -1.98. The molecular weight excluding hydrogens is 278 g/mol. The molecule has 0 saturated heterocycles. The first kappa shape index (κ1) is 12.4. The summed E-state index contributed by atoms with van der Waals surface area (Å²) in [5.41, 5.74) is 1.06. The molecule has 0 spiro atoms. The number of carbonyl (C=O) groups excluding carboxylic acids is 1. The zero-order valence-corrected chi connectivity index (χ0v) is 11.2. The Balaban J connectivity index is 1.76. The summed E-state index contributed by atoms with van der Waals surface area (Å²) in [6.45, 7) is 1.89. The quantitative estimate of drug-likeness (QED) is 0.793. The lowest BCUT2D eigenvalue weighted by Crippen LogP contribution is -2.11. The number of rotatable bonds is 3. The van der Waals surface area contributed by atoms with Gasteiger partial charge in [0.2, 0.25) is 0 Å². The Hall–Kier alpha value is -2.61. The lowest BCUT2D eigenvalue weighted by molar-refractivity contribution is 0.102. The molecule has 0 atom stereocenters. The summed E-state index contributed by atoms with van der Waals surface area (Å²) in [4.78, 5) is 20.0. The summed E-state index contributed by atoms with van der Waals surface area (Å²) >= 11 is 1.49. The minimum absolute atomic E-state index is 0.0347. The number of aryl methyl sites for hydroxylation is 1. The van der Waals surface area contributed by atoms with Gasteiger partial charge >= 0.3 is 6.01 Å². The molecule has 3 aromatic heterocycles. The van der Waals surface area contributed by atoms with Gasteiger partial charge in [-0.15, -0.1) is 16.4 Å². The first-order chi connectivity index (χ1) is 9.72. The molecule has 1 amide bonds. The van der Waals surface area contributed by atoms with E-state index in [4.69, 9.17) is 4.42 Å². The molecule has 0 aliphatic rings. The van der Waals surface area contributed by atoms with E-state index in [9.17, 15) is 4.79 Å². The fraction of sp³-hybridized carbons (Fsp3) is 0.0833. The maximum Gasteiger partial charge on any atom is 0.322 e. The summed E-state index contributed by atoms with van der Waals surface area (Å²) < 4.78 is 5.35. The van der Waals surface area contributed by atoms with Gasteiger partial charge in [0.05, 0.1) is 5.01 Å². The fourth-order valence-electron chi connectivity index (χ4n) is 1.51. The summed E-state index contributed by atoms with van der Waals surface area (Å²) in [7, 11) is 0. The normalized spacial score (nSPS) is 10.4. The molecule has 0 aliphatic carbocycles. The van der Waals surface area contributed by atoms with Crippen molar-refractivity contribution >= 4 is 23.3 Å². The van der Waals surface area contributed by atoms with Gasteiger partial charge in [-0.05, 0) is 19.1 Å². The number of hydrogen-bond acceptors (Lipinski definition) is 7. The van der Waals surface area contributed by atoms with Gasteiger partial charge in [0.15, 0.2) is 0 Å². The van der Waals surface area contributed by atoms with E-state index in [1.54, 1.807) is 12.1 Å². The summed E-state index contributed by atoms with van der Waals surface area (Å²) in [6.07, 6.45) is 3.07. The zero-order chi connectivity index (χ0) is 13.9. The highest BCUT2D eigenvalue weighted by Crippen LogP contribution is 2.21. The van der Waals surface area contributed by atoms with Crippen molar-refractivity contribution < 1.29 is 9.21 Å². The van der Waals surface area contributed by atoms with Gasteiger partial charge in [-0.2, -0.15) is 0 Å². The first-order valence-corrected chi connectivity index (χ1v) is 6.58. The maximum absolute atomic E-state index is 11.9. The summed E-state index contributed by atoms with van der Waals surface area (Å²) in [5.74, 6) is -0.0589. The van der Waals surface area contributed by atoms with E-state index in [0.717, 1.165) is 5.01 Å². The molecule has 3 aromatic rings. The molecule has 0 bridgehead atoms. The van der Waals surface area contributed by atoms with Crippen molar-refractivity contribution in [3.05, 3.63) is 40.5 Å². The minimum Gasteiger partial charge on any atom is -0.401 e. The Bertz CT molecular complexity index is 737. The predicted molar refractivity (Wildman–Crippen MR) is 72.3 cm³/mol. The molecular formula is C12H9N5O2S. The number of aromatic nitrogens is 4. The molecule has 20 heavy (non-hydrogen) atoms. The van der Waals surface area contributed by atoms with E-state index < -0.39 is 0 Å². The largest absolute Gasteiger partial charge is 0.401 e. The molecule has 7 nitrogen and oxygen atoms in total. The van der Waals surface area contributed by atoms with Crippen LogP contribution in [0.15, 0.2) is 34.3 Å². The number of pyridine rings is 1. The number of thiazole rings is 1. The molecule has 8 heteroatoms. The van der Waals surface area contributed by atoms with E-state index in [1.807, 2.05) is 12.3 Å². The van der Waals surface area contributed by atoms with Crippen LogP contribution in [0.25, 0.3) is 11.6 Å². The van der Waals surface area contributed by atoms with Crippen LogP contribution in [0.2, 0.25) is 0 Å². The molecule has 0 radical (unpaired) electrons. The second kappa shape index (κ2) is 5.17. The standard InChI is InChI=1S/C12H9N5O2S/c1-7-14-9(6-20-7)11-16-17-12(19-11)15-10(18)8-2-4-13-5-3-8/h2-6H,1H3,(H,15,17,18). The van der Waals surface area contributed by atoms with Crippen molar-refractivity contribution in [1.82, 2.24) is 20.2 Å². The topological polar surface area (TPSA) is 93.8 Å². The predicted octanol–water partition coefficient (Wildman–Crippen LogP) is 2.15. The third-order valence-electron chi connectivity index (χ3n) is 2.43. The lowest BCUT2D eigenvalue weighted by atomic mass is 10.2. The number of hydrogen-bond donors (Lipinski definition) is 1. The number of anilines is 1. The van der Waals surface area contributed by atoms with Crippen molar-refractivity contribution in [3.8, 4) is 11.6 Å². The van der Waals surface area contributed by atoms with Crippen LogP contribution in [0, 0.1) is 6.92 Å². The van der Waals surface area contributed by atoms with E-state index >= 15 is 0 Å². The zero-order valence-electron chi connectivity index (χ0n) is 10.4. The number of amides is 1. The summed E-state index contributed by atoms with van der Waals surface area (Å²) in [5, 5.41) is 12.9. The Labute approximate surface area is 117 Å². The molecule has 0 unspecified atom stereocenters.